The van der Waals surface area contributed by atoms with Crippen molar-refractivity contribution < 1.29 is 43.6 Å². The summed E-state index contributed by atoms with van der Waals surface area (Å²) in [7, 11) is 3.20. The Kier molecular flexibility index (Phi) is 12.1. The van der Waals surface area contributed by atoms with Crippen LogP contribution in [0.25, 0.3) is 0 Å². The third kappa shape index (κ3) is 8.92. The van der Waals surface area contributed by atoms with E-state index in [0.29, 0.717) is 66.2 Å². The van der Waals surface area contributed by atoms with Crippen molar-refractivity contribution in [1.82, 2.24) is 0 Å². The fourth-order valence-corrected chi connectivity index (χ4v) is 5.38. The number of phenolic OH excluding ortho intramolecular Hbond substituents is 1. The van der Waals surface area contributed by atoms with Gasteiger partial charge in [-0.2, -0.15) is 0 Å². The minimum atomic E-state index is -1.21. The molecule has 0 atom stereocenters. The molecule has 0 unspecified atom stereocenters. The first-order valence-electron chi connectivity index (χ1n) is 16.1. The molecule has 0 amide bonds. The monoisotopic (exact) mass is 736 g/mol. The van der Waals surface area contributed by atoms with E-state index in [1.54, 1.807) is 32.4 Å². The second kappa shape index (κ2) is 17.2. The van der Waals surface area contributed by atoms with Crippen LogP contribution in [0.4, 0.5) is 17.1 Å². The van der Waals surface area contributed by atoms with Crippen molar-refractivity contribution in [2.75, 3.05) is 20.8 Å². The van der Waals surface area contributed by atoms with Crippen molar-refractivity contribution in [3.8, 4) is 28.7 Å². The number of hydrogen-bond donors (Lipinski definition) is 1. The van der Waals surface area contributed by atoms with Gasteiger partial charge in [0.05, 0.1) is 41.1 Å². The quantitative estimate of drug-likeness (QED) is 0.0721. The maximum atomic E-state index is 13.7. The third-order valence-electron chi connectivity index (χ3n) is 8.07. The molecule has 16 nitrogen and oxygen atoms in total. The zero-order valence-corrected chi connectivity index (χ0v) is 28.9. The molecule has 54 heavy (non-hydrogen) atoms. The number of aliphatic imine (C=N–C) groups is 1. The van der Waals surface area contributed by atoms with Crippen molar-refractivity contribution >= 4 is 28.6 Å². The molecule has 0 aliphatic carbocycles. The summed E-state index contributed by atoms with van der Waals surface area (Å²) >= 11 is 0. The Bertz CT molecular complexity index is 2190. The standard InChI is InChI=1S/C32H29NO5.C6H3N3O7/c1-35-27-14-13-25(18-29(27)37-20-22-9-5-3-6-10-22)32(34)31-26-19-30(38-21-23-11-7-4-8-12-23)28(36-2)17-24(26)15-16-33-31;10-6-4(8(13)14)1-3(7(11)12)2-5(6)9(15)16/h3-14,17-19H,15-16,20-21H2,1-2H3;1-2,10H. The van der Waals surface area contributed by atoms with Gasteiger partial charge >= 0.3 is 11.4 Å². The minimum absolute atomic E-state index is 0.183. The zero-order chi connectivity index (χ0) is 38.8. The molecule has 1 N–H and O–H groups in total. The lowest BCUT2D eigenvalue weighted by Crippen LogP contribution is -2.22. The van der Waals surface area contributed by atoms with Crippen LogP contribution in [0, 0.1) is 30.3 Å². The highest BCUT2D eigenvalue weighted by atomic mass is 16.6. The molecule has 1 aliphatic rings. The smallest absolute Gasteiger partial charge is 0.324 e. The van der Waals surface area contributed by atoms with Crippen LogP contribution in [0.15, 0.2) is 108 Å². The highest BCUT2D eigenvalue weighted by molar-refractivity contribution is 6.52. The molecular formula is C38H32N4O12. The predicted octanol–water partition coefficient (Wildman–Crippen LogP) is 7.21. The maximum Gasteiger partial charge on any atom is 0.324 e. The summed E-state index contributed by atoms with van der Waals surface area (Å²) in [5, 5.41) is 40.2. The van der Waals surface area contributed by atoms with Crippen LogP contribution in [0.5, 0.6) is 28.7 Å². The molecular weight excluding hydrogens is 704 g/mol. The average molecular weight is 737 g/mol. The van der Waals surface area contributed by atoms with E-state index >= 15 is 0 Å². The van der Waals surface area contributed by atoms with Crippen molar-refractivity contribution in [2.24, 2.45) is 4.99 Å². The molecule has 6 rings (SSSR count). The lowest BCUT2D eigenvalue weighted by Gasteiger charge is -2.20. The molecule has 16 heteroatoms. The fraction of sp³-hybridized carbons (Fsp3) is 0.158. The Morgan fingerprint density at radius 3 is 1.72 bits per heavy atom. The molecule has 0 fully saturated rings. The number of ketones is 1. The lowest BCUT2D eigenvalue weighted by atomic mass is 9.92. The topological polar surface area (TPSA) is 216 Å². The fourth-order valence-electron chi connectivity index (χ4n) is 5.38. The van der Waals surface area contributed by atoms with Crippen LogP contribution in [-0.4, -0.2) is 52.1 Å². The number of carbonyl (C=O) groups is 1. The third-order valence-corrected chi connectivity index (χ3v) is 8.07. The van der Waals surface area contributed by atoms with E-state index < -0.39 is 37.6 Å². The predicted molar refractivity (Wildman–Crippen MR) is 195 cm³/mol. The van der Waals surface area contributed by atoms with Gasteiger partial charge in [-0.1, -0.05) is 60.7 Å². The van der Waals surface area contributed by atoms with Gasteiger partial charge in [0, 0.05) is 17.7 Å². The van der Waals surface area contributed by atoms with Gasteiger partial charge < -0.3 is 24.1 Å². The zero-order valence-electron chi connectivity index (χ0n) is 28.9. The molecule has 1 aliphatic heterocycles. The summed E-state index contributed by atoms with van der Waals surface area (Å²) in [6.07, 6.45) is 0.718. The highest BCUT2D eigenvalue weighted by Gasteiger charge is 2.30. The number of nitro benzene ring substituents is 3. The number of Topliss-reactive ketones (excluding diaryl/α,β-unsaturated/α-hetero) is 1. The number of non-ortho nitro benzene ring substituents is 1. The van der Waals surface area contributed by atoms with Crippen LogP contribution in [0.1, 0.15) is 32.6 Å². The average Bonchev–Trinajstić information content (AvgIpc) is 3.19. The molecule has 0 saturated carbocycles. The molecule has 276 valence electrons. The number of aromatic hydroxyl groups is 1. The highest BCUT2D eigenvalue weighted by Crippen LogP contribution is 2.39. The molecule has 5 aromatic rings. The number of nitrogens with zero attached hydrogens (tertiary/aromatic N) is 4. The summed E-state index contributed by atoms with van der Waals surface area (Å²) in [6, 6.07) is 29.7. The van der Waals surface area contributed by atoms with Crippen LogP contribution in [0.2, 0.25) is 0 Å². The number of fused-ring (bicyclic) bond motifs is 1. The number of hydrogen-bond acceptors (Lipinski definition) is 13. The first kappa shape index (κ1) is 37.9. The molecule has 0 spiro atoms. The lowest BCUT2D eigenvalue weighted by molar-refractivity contribution is -0.404. The van der Waals surface area contributed by atoms with Gasteiger partial charge in [0.15, 0.2) is 23.0 Å². The van der Waals surface area contributed by atoms with Crippen LogP contribution >= 0.6 is 0 Å². The van der Waals surface area contributed by atoms with E-state index in [2.05, 4.69) is 4.99 Å². The molecule has 0 saturated heterocycles. The number of nitro groups is 3. The van der Waals surface area contributed by atoms with Gasteiger partial charge in [-0.05, 0) is 53.4 Å². The summed E-state index contributed by atoms with van der Waals surface area (Å²) < 4.78 is 23.2. The SMILES string of the molecule is COc1ccc(C(=O)C2=NCCc3cc(OC)c(OCc4ccccc4)cc32)cc1OCc1ccccc1.O=[N+]([O-])c1cc([N+](=O)[O-])c(O)c([N+](=O)[O-])c1. The Hall–Kier alpha value is -7.36. The number of phenols is 1. The van der Waals surface area contributed by atoms with Crippen molar-refractivity contribution in [3.05, 3.63) is 161 Å². The van der Waals surface area contributed by atoms with Gasteiger partial charge in [0.2, 0.25) is 5.78 Å². The van der Waals surface area contributed by atoms with Crippen molar-refractivity contribution in [3.63, 3.8) is 0 Å². The second-order valence-electron chi connectivity index (χ2n) is 11.5. The molecule has 0 radical (unpaired) electrons. The van der Waals surface area contributed by atoms with E-state index in [-0.39, 0.29) is 5.78 Å². The summed E-state index contributed by atoms with van der Waals surface area (Å²) in [6.45, 7) is 1.27. The summed E-state index contributed by atoms with van der Waals surface area (Å²) in [4.78, 5) is 46.1. The molecule has 1 heterocycles. The molecule has 0 aromatic heterocycles. The van der Waals surface area contributed by atoms with Crippen LogP contribution in [0.3, 0.4) is 0 Å². The largest absolute Gasteiger partial charge is 0.497 e. The van der Waals surface area contributed by atoms with Crippen LogP contribution < -0.4 is 18.9 Å². The number of methoxy groups -OCH3 is 2. The Morgan fingerprint density at radius 2 is 1.22 bits per heavy atom. The number of carbonyl (C=O) groups excluding carboxylic acids is 1. The van der Waals surface area contributed by atoms with Crippen LogP contribution in [-0.2, 0) is 19.6 Å². The first-order valence-corrected chi connectivity index (χ1v) is 16.1. The maximum absolute atomic E-state index is 13.7. The normalized spacial score (nSPS) is 11.5. The molecule has 5 aromatic carbocycles. The molecule has 0 bridgehead atoms. The van der Waals surface area contributed by atoms with Crippen molar-refractivity contribution in [1.29, 1.82) is 0 Å². The minimum Gasteiger partial charge on any atom is -0.497 e. The van der Waals surface area contributed by atoms with Crippen molar-refractivity contribution in [2.45, 2.75) is 19.6 Å². The van der Waals surface area contributed by atoms with E-state index in [0.717, 1.165) is 28.7 Å². The summed E-state index contributed by atoms with van der Waals surface area (Å²) in [5.74, 6) is 0.872. The van der Waals surface area contributed by atoms with Gasteiger partial charge in [0.1, 0.15) is 18.9 Å². The van der Waals surface area contributed by atoms with E-state index in [1.807, 2.05) is 72.8 Å². The van der Waals surface area contributed by atoms with Gasteiger partial charge in [-0.25, -0.2) is 0 Å². The van der Waals surface area contributed by atoms with E-state index in [4.69, 9.17) is 24.1 Å². The first-order chi connectivity index (χ1) is 26.0. The van der Waals surface area contributed by atoms with E-state index in [1.165, 1.54) is 0 Å². The van der Waals surface area contributed by atoms with Gasteiger partial charge in [0.25, 0.3) is 11.4 Å². The van der Waals surface area contributed by atoms with Gasteiger partial charge in [-0.15, -0.1) is 0 Å². The number of benzene rings is 5. The Labute approximate surface area is 307 Å². The van der Waals surface area contributed by atoms with E-state index in [9.17, 15) is 35.1 Å². The Morgan fingerprint density at radius 1 is 0.685 bits per heavy atom. The van der Waals surface area contributed by atoms with Gasteiger partial charge in [-0.3, -0.25) is 40.1 Å². The Balaban J connectivity index is 0.000000294. The summed E-state index contributed by atoms with van der Waals surface area (Å²) in [5.41, 5.74) is 1.69. The number of rotatable bonds is 13. The second-order valence-corrected chi connectivity index (χ2v) is 11.5. The number of ether oxygens (including phenoxy) is 4.